The average Bonchev–Trinajstić information content (AvgIpc) is 3.03. The predicted molar refractivity (Wildman–Crippen MR) is 75.6 cm³/mol. The van der Waals surface area contributed by atoms with Crippen LogP contribution >= 0.6 is 12.2 Å². The van der Waals surface area contributed by atoms with Crippen LogP contribution in [0.2, 0.25) is 0 Å². The highest BCUT2D eigenvalue weighted by Gasteiger charge is 2.12. The van der Waals surface area contributed by atoms with E-state index in [0.29, 0.717) is 11.0 Å². The highest BCUT2D eigenvalue weighted by molar-refractivity contribution is 7.71. The fourth-order valence-corrected chi connectivity index (χ4v) is 2.33. The van der Waals surface area contributed by atoms with Gasteiger partial charge in [-0.3, -0.25) is 15.0 Å². The number of H-pyrrole nitrogens is 2. The lowest BCUT2D eigenvalue weighted by Crippen LogP contribution is -2.15. The van der Waals surface area contributed by atoms with Crippen LogP contribution in [-0.4, -0.2) is 29.4 Å². The van der Waals surface area contributed by atoms with Crippen molar-refractivity contribution in [2.75, 3.05) is 0 Å². The van der Waals surface area contributed by atoms with Crippen molar-refractivity contribution in [2.24, 2.45) is 0 Å². The number of hydrogen-bond acceptors (Lipinski definition) is 4. The Kier molecular flexibility index (Phi) is 2.15. The van der Waals surface area contributed by atoms with E-state index >= 15 is 0 Å². The number of aromatic nitrogens is 6. The summed E-state index contributed by atoms with van der Waals surface area (Å²) in [5.41, 5.74) is 1.16. The van der Waals surface area contributed by atoms with Gasteiger partial charge in [0, 0.05) is 6.20 Å². The van der Waals surface area contributed by atoms with Gasteiger partial charge < -0.3 is 0 Å². The van der Waals surface area contributed by atoms with Crippen molar-refractivity contribution >= 4 is 29.0 Å². The molecule has 0 radical (unpaired) electrons. The Morgan fingerprint density at radius 1 is 1.15 bits per heavy atom. The van der Waals surface area contributed by atoms with Gasteiger partial charge in [0.1, 0.15) is 5.39 Å². The van der Waals surface area contributed by atoms with Crippen LogP contribution in [0.1, 0.15) is 0 Å². The second-order valence-electron chi connectivity index (χ2n) is 4.26. The van der Waals surface area contributed by atoms with E-state index in [2.05, 4.69) is 20.2 Å². The van der Waals surface area contributed by atoms with Gasteiger partial charge in [0.15, 0.2) is 5.65 Å². The molecule has 0 aliphatic carbocycles. The van der Waals surface area contributed by atoms with E-state index in [1.165, 1.54) is 4.52 Å². The van der Waals surface area contributed by atoms with Crippen LogP contribution in [0.15, 0.2) is 41.3 Å². The summed E-state index contributed by atoms with van der Waals surface area (Å²) in [4.78, 5) is 20.7. The van der Waals surface area contributed by atoms with Gasteiger partial charge >= 0.3 is 0 Å². The molecule has 1 aromatic carbocycles. The number of aromatic amines is 2. The van der Waals surface area contributed by atoms with Gasteiger partial charge in [0.25, 0.3) is 11.3 Å². The molecule has 4 rings (SSSR count). The summed E-state index contributed by atoms with van der Waals surface area (Å²) >= 11 is 4.93. The van der Waals surface area contributed by atoms with E-state index in [-0.39, 0.29) is 16.1 Å². The Hall–Kier alpha value is -2.74. The van der Waals surface area contributed by atoms with Crippen molar-refractivity contribution in [1.29, 1.82) is 0 Å². The summed E-state index contributed by atoms with van der Waals surface area (Å²) in [6, 6.07) is 9.59. The van der Waals surface area contributed by atoms with Crippen LogP contribution in [0, 0.1) is 4.77 Å². The predicted octanol–water partition coefficient (Wildman–Crippen LogP) is 1.42. The second-order valence-corrected chi connectivity index (χ2v) is 4.65. The number of nitrogens with one attached hydrogen (secondary N) is 2. The van der Waals surface area contributed by atoms with Crippen molar-refractivity contribution in [1.82, 2.24) is 29.4 Å². The lowest BCUT2D eigenvalue weighted by Gasteiger charge is -2.03. The van der Waals surface area contributed by atoms with Crippen molar-refractivity contribution in [3.05, 3.63) is 51.7 Å². The van der Waals surface area contributed by atoms with Crippen molar-refractivity contribution < 1.29 is 0 Å². The minimum atomic E-state index is -0.237. The maximum Gasteiger partial charge on any atom is 0.285 e. The summed E-state index contributed by atoms with van der Waals surface area (Å²) in [6.45, 7) is 0. The van der Waals surface area contributed by atoms with Crippen LogP contribution < -0.4 is 5.56 Å². The molecule has 0 saturated carbocycles. The standard InChI is InChI=1S/C12H8N6OS/c19-10-8-6-13-17(7-4-2-1-3-5-7)9(8)14-11-15-12(20)16-18(10)11/h1-6,13H,(H,16,20). The molecular formula is C12H8N6OS. The quantitative estimate of drug-likeness (QED) is 0.518. The first-order valence-corrected chi connectivity index (χ1v) is 6.29. The summed E-state index contributed by atoms with van der Waals surface area (Å²) in [5, 5.41) is 6.18. The van der Waals surface area contributed by atoms with Crippen LogP contribution in [0.5, 0.6) is 0 Å². The lowest BCUT2D eigenvalue weighted by molar-refractivity contribution is 0.883. The summed E-state index contributed by atoms with van der Waals surface area (Å²) in [6.07, 6.45) is 1.62. The molecular weight excluding hydrogens is 276 g/mol. The number of para-hydroxylation sites is 1. The van der Waals surface area contributed by atoms with Gasteiger partial charge in [-0.05, 0) is 24.4 Å². The van der Waals surface area contributed by atoms with E-state index in [1.807, 2.05) is 30.3 Å². The minimum Gasteiger partial charge on any atom is -0.299 e. The second kappa shape index (κ2) is 3.87. The van der Waals surface area contributed by atoms with Crippen LogP contribution in [-0.2, 0) is 0 Å². The van der Waals surface area contributed by atoms with Gasteiger partial charge in [-0.2, -0.15) is 14.5 Å². The van der Waals surface area contributed by atoms with Crippen molar-refractivity contribution in [3.63, 3.8) is 0 Å². The fraction of sp³-hybridized carbons (Fsp3) is 0. The maximum absolute atomic E-state index is 12.3. The Morgan fingerprint density at radius 2 is 1.95 bits per heavy atom. The summed E-state index contributed by atoms with van der Waals surface area (Å²) in [5.74, 6) is 0.261. The molecule has 0 fully saturated rings. The Morgan fingerprint density at radius 3 is 2.75 bits per heavy atom. The van der Waals surface area contributed by atoms with Gasteiger partial charge in [-0.15, -0.1) is 0 Å². The van der Waals surface area contributed by atoms with E-state index < -0.39 is 0 Å². The number of fused-ring (bicyclic) bond motifs is 2. The van der Waals surface area contributed by atoms with Gasteiger partial charge in [-0.25, -0.2) is 4.68 Å². The van der Waals surface area contributed by atoms with E-state index in [4.69, 9.17) is 12.2 Å². The number of benzene rings is 1. The highest BCUT2D eigenvalue weighted by Crippen LogP contribution is 2.13. The molecule has 0 saturated heterocycles. The molecule has 7 nitrogen and oxygen atoms in total. The number of hydrogen-bond donors (Lipinski definition) is 2. The first kappa shape index (κ1) is 11.1. The van der Waals surface area contributed by atoms with E-state index in [1.54, 1.807) is 10.9 Å². The molecule has 0 aliphatic rings. The highest BCUT2D eigenvalue weighted by atomic mass is 32.1. The molecule has 2 N–H and O–H groups in total. The first-order valence-electron chi connectivity index (χ1n) is 5.88. The molecule has 20 heavy (non-hydrogen) atoms. The zero-order valence-electron chi connectivity index (χ0n) is 10.1. The van der Waals surface area contributed by atoms with E-state index in [0.717, 1.165) is 5.69 Å². The van der Waals surface area contributed by atoms with E-state index in [9.17, 15) is 4.79 Å². The zero-order valence-corrected chi connectivity index (χ0v) is 10.9. The number of nitrogens with zero attached hydrogens (tertiary/aromatic N) is 4. The van der Waals surface area contributed by atoms with Gasteiger partial charge in [0.05, 0.1) is 5.69 Å². The smallest absolute Gasteiger partial charge is 0.285 e. The molecule has 0 atom stereocenters. The van der Waals surface area contributed by atoms with Crippen LogP contribution in [0.3, 0.4) is 0 Å². The normalized spacial score (nSPS) is 11.4. The zero-order chi connectivity index (χ0) is 13.7. The van der Waals surface area contributed by atoms with Gasteiger partial charge in [-0.1, -0.05) is 18.2 Å². The molecule has 0 unspecified atom stereocenters. The third-order valence-corrected chi connectivity index (χ3v) is 3.24. The largest absolute Gasteiger partial charge is 0.299 e. The summed E-state index contributed by atoms with van der Waals surface area (Å²) in [7, 11) is 0. The van der Waals surface area contributed by atoms with Crippen LogP contribution in [0.25, 0.3) is 22.5 Å². The SMILES string of the molecule is O=c1c2c[nH]n(-c3ccccc3)c2nc2nc(=S)[nH]n12. The molecule has 98 valence electrons. The third-order valence-electron chi connectivity index (χ3n) is 3.05. The molecule has 8 heteroatoms. The molecule has 0 bridgehead atoms. The molecule has 0 spiro atoms. The number of rotatable bonds is 1. The first-order chi connectivity index (χ1) is 9.74. The Labute approximate surface area is 116 Å². The van der Waals surface area contributed by atoms with Crippen LogP contribution in [0.4, 0.5) is 0 Å². The average molecular weight is 284 g/mol. The minimum absolute atomic E-state index is 0.234. The lowest BCUT2D eigenvalue weighted by atomic mass is 10.3. The third kappa shape index (κ3) is 1.45. The van der Waals surface area contributed by atoms with Gasteiger partial charge in [0.2, 0.25) is 4.77 Å². The topological polar surface area (TPSA) is 83.8 Å². The molecule has 3 heterocycles. The fourth-order valence-electron chi connectivity index (χ4n) is 2.16. The van der Waals surface area contributed by atoms with Crippen molar-refractivity contribution in [2.45, 2.75) is 0 Å². The monoisotopic (exact) mass is 284 g/mol. The maximum atomic E-state index is 12.3. The molecule has 0 amide bonds. The Bertz CT molecular complexity index is 1040. The Balaban J connectivity index is 2.15. The van der Waals surface area contributed by atoms with Crippen molar-refractivity contribution in [3.8, 4) is 5.69 Å². The molecule has 4 aromatic rings. The molecule has 3 aromatic heterocycles. The summed E-state index contributed by atoms with van der Waals surface area (Å²) < 4.78 is 3.21. The molecule has 0 aliphatic heterocycles.